The maximum absolute atomic E-state index is 8.98. The van der Waals surface area contributed by atoms with Gasteiger partial charge in [-0.15, -0.1) is 0 Å². The van der Waals surface area contributed by atoms with E-state index in [0.717, 1.165) is 36.4 Å². The summed E-state index contributed by atoms with van der Waals surface area (Å²) < 4.78 is 8.98. The quantitative estimate of drug-likeness (QED) is 0.649. The Kier molecular flexibility index (Phi) is 2.35. The van der Waals surface area contributed by atoms with Crippen LogP contribution >= 0.6 is 12.0 Å². The number of hydrogen-bond donors (Lipinski definition) is 2. The van der Waals surface area contributed by atoms with Crippen LogP contribution in [-0.2, 0) is 13.0 Å². The normalized spacial score (nSPS) is 15.8. The predicted molar refractivity (Wildman–Crippen MR) is 50.3 cm³/mol. The Labute approximate surface area is 76.2 Å². The molecule has 0 atom stereocenters. The molecule has 0 saturated heterocycles. The Morgan fingerprint density at radius 2 is 2.33 bits per heavy atom. The van der Waals surface area contributed by atoms with Crippen LogP contribution < -0.4 is 5.32 Å². The number of hydrogen-bond acceptors (Lipinski definition) is 3. The highest BCUT2D eigenvalue weighted by Gasteiger charge is 2.11. The number of fused-ring (bicyclic) bond motifs is 1. The van der Waals surface area contributed by atoms with Gasteiger partial charge in [0.2, 0.25) is 0 Å². The van der Waals surface area contributed by atoms with E-state index in [2.05, 4.69) is 11.4 Å². The van der Waals surface area contributed by atoms with Crippen LogP contribution in [0.3, 0.4) is 0 Å². The first-order valence-electron chi connectivity index (χ1n) is 4.04. The van der Waals surface area contributed by atoms with Crippen molar-refractivity contribution in [2.75, 3.05) is 6.54 Å². The molecule has 1 aromatic rings. The molecule has 2 nitrogen and oxygen atoms in total. The van der Waals surface area contributed by atoms with E-state index in [0.29, 0.717) is 0 Å². The second-order valence-corrected chi connectivity index (χ2v) is 3.53. The molecule has 2 N–H and O–H groups in total. The minimum absolute atomic E-state index is 0.843. The van der Waals surface area contributed by atoms with E-state index in [4.69, 9.17) is 4.55 Å². The van der Waals surface area contributed by atoms with Crippen LogP contribution in [0.4, 0.5) is 0 Å². The van der Waals surface area contributed by atoms with Gasteiger partial charge in [-0.1, -0.05) is 12.1 Å². The lowest BCUT2D eigenvalue weighted by Gasteiger charge is -2.18. The van der Waals surface area contributed by atoms with E-state index >= 15 is 0 Å². The van der Waals surface area contributed by atoms with Gasteiger partial charge in [-0.2, -0.15) is 0 Å². The second-order valence-electron chi connectivity index (χ2n) is 2.91. The number of benzene rings is 1. The zero-order valence-electron chi connectivity index (χ0n) is 6.71. The SMILES string of the molecule is OSc1cccc2c1CNCC2. The summed E-state index contributed by atoms with van der Waals surface area (Å²) >= 11 is 0.843. The molecule has 1 aliphatic rings. The van der Waals surface area contributed by atoms with Crippen LogP contribution in [0.25, 0.3) is 0 Å². The lowest BCUT2D eigenvalue weighted by atomic mass is 10.0. The van der Waals surface area contributed by atoms with Crippen molar-refractivity contribution in [3.63, 3.8) is 0 Å². The molecule has 0 aliphatic carbocycles. The molecule has 1 aromatic carbocycles. The van der Waals surface area contributed by atoms with Crippen LogP contribution in [0.15, 0.2) is 23.1 Å². The van der Waals surface area contributed by atoms with Gasteiger partial charge in [0, 0.05) is 23.5 Å². The lowest BCUT2D eigenvalue weighted by molar-refractivity contribution is 0.626. The summed E-state index contributed by atoms with van der Waals surface area (Å²) in [5.74, 6) is 0. The first-order chi connectivity index (χ1) is 5.92. The third kappa shape index (κ3) is 1.35. The Bertz CT molecular complexity index is 274. The fraction of sp³-hybridized carbons (Fsp3) is 0.333. The largest absolute Gasteiger partial charge is 0.325 e. The molecule has 1 heterocycles. The van der Waals surface area contributed by atoms with E-state index < -0.39 is 0 Å². The fourth-order valence-electron chi connectivity index (χ4n) is 1.57. The zero-order valence-corrected chi connectivity index (χ0v) is 7.53. The molecule has 0 amide bonds. The van der Waals surface area contributed by atoms with Gasteiger partial charge in [-0.25, -0.2) is 0 Å². The summed E-state index contributed by atoms with van der Waals surface area (Å²) in [6.07, 6.45) is 1.07. The van der Waals surface area contributed by atoms with Crippen molar-refractivity contribution < 1.29 is 4.55 Å². The van der Waals surface area contributed by atoms with Crippen molar-refractivity contribution in [2.24, 2.45) is 0 Å². The van der Waals surface area contributed by atoms with Crippen LogP contribution in [0.1, 0.15) is 11.1 Å². The Balaban J connectivity index is 2.44. The van der Waals surface area contributed by atoms with E-state index in [9.17, 15) is 0 Å². The van der Waals surface area contributed by atoms with Crippen molar-refractivity contribution in [1.82, 2.24) is 5.32 Å². The Morgan fingerprint density at radius 3 is 3.17 bits per heavy atom. The van der Waals surface area contributed by atoms with Crippen LogP contribution in [0.5, 0.6) is 0 Å². The summed E-state index contributed by atoms with van der Waals surface area (Å²) in [5, 5.41) is 3.29. The third-order valence-corrected chi connectivity index (χ3v) is 2.78. The molecule has 0 bridgehead atoms. The molecule has 0 fully saturated rings. The summed E-state index contributed by atoms with van der Waals surface area (Å²) in [7, 11) is 0. The molecule has 12 heavy (non-hydrogen) atoms. The van der Waals surface area contributed by atoms with Gasteiger partial charge in [-0.05, 0) is 30.2 Å². The highest BCUT2D eigenvalue weighted by molar-refractivity contribution is 7.93. The molecular weight excluding hydrogens is 170 g/mol. The van der Waals surface area contributed by atoms with Crippen molar-refractivity contribution >= 4 is 12.0 Å². The maximum atomic E-state index is 8.98. The van der Waals surface area contributed by atoms with Gasteiger partial charge in [0.25, 0.3) is 0 Å². The maximum Gasteiger partial charge on any atom is 0.0398 e. The summed E-state index contributed by atoms with van der Waals surface area (Å²) in [6.45, 7) is 1.94. The van der Waals surface area contributed by atoms with E-state index in [1.165, 1.54) is 11.1 Å². The van der Waals surface area contributed by atoms with Crippen LogP contribution in [-0.4, -0.2) is 11.1 Å². The van der Waals surface area contributed by atoms with Gasteiger partial charge in [0.1, 0.15) is 0 Å². The molecule has 2 rings (SSSR count). The van der Waals surface area contributed by atoms with Gasteiger partial charge in [0.15, 0.2) is 0 Å². The minimum Gasteiger partial charge on any atom is -0.325 e. The standard InChI is InChI=1S/C9H11NOS/c11-12-9-3-1-2-7-4-5-10-6-8(7)9/h1-3,10-11H,4-6H2. The minimum atomic E-state index is 0.843. The lowest BCUT2D eigenvalue weighted by Crippen LogP contribution is -2.23. The van der Waals surface area contributed by atoms with Crippen LogP contribution in [0.2, 0.25) is 0 Å². The molecule has 64 valence electrons. The van der Waals surface area contributed by atoms with Crippen molar-refractivity contribution in [2.45, 2.75) is 17.9 Å². The zero-order chi connectivity index (χ0) is 8.39. The number of rotatable bonds is 1. The topological polar surface area (TPSA) is 32.3 Å². The first-order valence-corrected chi connectivity index (χ1v) is 4.82. The molecule has 0 radical (unpaired) electrons. The first kappa shape index (κ1) is 8.10. The second kappa shape index (κ2) is 3.47. The van der Waals surface area contributed by atoms with E-state index in [-0.39, 0.29) is 0 Å². The van der Waals surface area contributed by atoms with Gasteiger partial charge in [0.05, 0.1) is 0 Å². The molecular formula is C9H11NOS. The molecule has 0 spiro atoms. The van der Waals surface area contributed by atoms with Crippen molar-refractivity contribution in [1.29, 1.82) is 0 Å². The smallest absolute Gasteiger partial charge is 0.0398 e. The summed E-state index contributed by atoms with van der Waals surface area (Å²) in [4.78, 5) is 0.986. The van der Waals surface area contributed by atoms with Gasteiger partial charge >= 0.3 is 0 Å². The highest BCUT2D eigenvalue weighted by atomic mass is 32.2. The Hall–Kier alpha value is -0.510. The van der Waals surface area contributed by atoms with Crippen LogP contribution in [0, 0.1) is 0 Å². The summed E-state index contributed by atoms with van der Waals surface area (Å²) in [6, 6.07) is 6.09. The molecule has 3 heteroatoms. The summed E-state index contributed by atoms with van der Waals surface area (Å²) in [5.41, 5.74) is 2.63. The molecule has 0 aromatic heterocycles. The third-order valence-electron chi connectivity index (χ3n) is 2.20. The van der Waals surface area contributed by atoms with Crippen molar-refractivity contribution in [3.05, 3.63) is 29.3 Å². The molecule has 1 aliphatic heterocycles. The Morgan fingerprint density at radius 1 is 1.42 bits per heavy atom. The predicted octanol–water partition coefficient (Wildman–Crippen LogP) is 1.90. The monoisotopic (exact) mass is 181 g/mol. The van der Waals surface area contributed by atoms with E-state index in [1.807, 2.05) is 12.1 Å². The molecule has 0 unspecified atom stereocenters. The van der Waals surface area contributed by atoms with Gasteiger partial charge in [-0.3, -0.25) is 0 Å². The average molecular weight is 181 g/mol. The number of nitrogens with one attached hydrogen (secondary N) is 1. The van der Waals surface area contributed by atoms with E-state index in [1.54, 1.807) is 0 Å². The van der Waals surface area contributed by atoms with Crippen molar-refractivity contribution in [3.8, 4) is 0 Å². The fourth-order valence-corrected chi connectivity index (χ4v) is 2.02. The average Bonchev–Trinajstić information content (AvgIpc) is 2.17. The van der Waals surface area contributed by atoms with Gasteiger partial charge < -0.3 is 9.87 Å². The molecule has 0 saturated carbocycles. The highest BCUT2D eigenvalue weighted by Crippen LogP contribution is 2.25.